The molecule has 0 heterocycles. The summed E-state index contributed by atoms with van der Waals surface area (Å²) in [5.74, 6) is 0. The highest BCUT2D eigenvalue weighted by molar-refractivity contribution is 7.16. The maximum absolute atomic E-state index is 2.75. The van der Waals surface area contributed by atoms with E-state index in [9.17, 15) is 0 Å². The van der Waals surface area contributed by atoms with Gasteiger partial charge in [0.1, 0.15) is 0 Å². The highest BCUT2D eigenvalue weighted by Gasteiger charge is 1.91. The van der Waals surface area contributed by atoms with Crippen LogP contribution in [0.1, 0.15) is 32.6 Å². The molecule has 0 N–H and O–H groups in total. The van der Waals surface area contributed by atoms with Crippen LogP contribution in [0.4, 0.5) is 0 Å². The van der Waals surface area contributed by atoms with Crippen molar-refractivity contribution in [2.24, 2.45) is 0 Å². The lowest BCUT2D eigenvalue weighted by molar-refractivity contribution is 0.706. The Morgan fingerprint density at radius 1 is 0.684 bits per heavy atom. The second-order valence-corrected chi connectivity index (χ2v) is 5.16. The fourth-order valence-corrected chi connectivity index (χ4v) is 2.12. The van der Waals surface area contributed by atoms with E-state index in [2.05, 4.69) is 64.7 Å². The Balaban J connectivity index is 0.000000224. The van der Waals surface area contributed by atoms with Crippen LogP contribution in [-0.4, -0.2) is 6.16 Å². The molecule has 1 atom stereocenters. The SMILES string of the molecule is CCCCCCP.c1ccc(-c2ccccc2)cc1. The molecule has 0 nitrogen and oxygen atoms in total. The van der Waals surface area contributed by atoms with Gasteiger partial charge in [-0.05, 0) is 23.7 Å². The van der Waals surface area contributed by atoms with Crippen LogP contribution in [0.25, 0.3) is 11.1 Å². The number of hydrogen-bond donors (Lipinski definition) is 0. The van der Waals surface area contributed by atoms with E-state index in [0.29, 0.717) is 0 Å². The molecule has 19 heavy (non-hydrogen) atoms. The highest BCUT2D eigenvalue weighted by Crippen LogP contribution is 2.17. The van der Waals surface area contributed by atoms with E-state index in [0.717, 1.165) is 0 Å². The predicted molar refractivity (Wildman–Crippen MR) is 90.6 cm³/mol. The van der Waals surface area contributed by atoms with Crippen LogP contribution < -0.4 is 0 Å². The van der Waals surface area contributed by atoms with Gasteiger partial charge in [0.05, 0.1) is 0 Å². The van der Waals surface area contributed by atoms with E-state index in [-0.39, 0.29) is 0 Å². The maximum Gasteiger partial charge on any atom is -0.0184 e. The van der Waals surface area contributed by atoms with Crippen molar-refractivity contribution in [3.63, 3.8) is 0 Å². The van der Waals surface area contributed by atoms with E-state index < -0.39 is 0 Å². The molecular weight excluding hydrogens is 247 g/mol. The van der Waals surface area contributed by atoms with Gasteiger partial charge in [0.2, 0.25) is 0 Å². The molecule has 0 saturated heterocycles. The summed E-state index contributed by atoms with van der Waals surface area (Å²) in [7, 11) is 2.75. The largest absolute Gasteiger partial charge is 0.138 e. The zero-order valence-corrected chi connectivity index (χ0v) is 13.0. The monoisotopic (exact) mass is 272 g/mol. The molecule has 0 spiro atoms. The fraction of sp³-hybridized carbons (Fsp3) is 0.333. The standard InChI is InChI=1S/C12H10.C6H15P/c1-3-7-11(8-4-1)12-9-5-2-6-10-12;1-2-3-4-5-6-7/h1-10H;2-7H2,1H3. The molecule has 0 radical (unpaired) electrons. The van der Waals surface area contributed by atoms with Crippen molar-refractivity contribution in [3.05, 3.63) is 60.7 Å². The molecule has 0 bridgehead atoms. The Morgan fingerprint density at radius 3 is 1.53 bits per heavy atom. The smallest absolute Gasteiger partial charge is 0.0184 e. The topological polar surface area (TPSA) is 0 Å². The predicted octanol–water partition coefficient (Wildman–Crippen LogP) is 5.80. The van der Waals surface area contributed by atoms with Gasteiger partial charge < -0.3 is 0 Å². The summed E-state index contributed by atoms with van der Waals surface area (Å²) in [5, 5.41) is 0. The minimum atomic E-state index is 1.28. The Kier molecular flexibility index (Phi) is 9.02. The van der Waals surface area contributed by atoms with E-state index in [1.807, 2.05) is 12.1 Å². The van der Waals surface area contributed by atoms with Crippen LogP contribution in [0.2, 0.25) is 0 Å². The summed E-state index contributed by atoms with van der Waals surface area (Å²) in [5.41, 5.74) is 2.55. The van der Waals surface area contributed by atoms with Gasteiger partial charge in [-0.3, -0.25) is 0 Å². The van der Waals surface area contributed by atoms with Gasteiger partial charge in [-0.15, -0.1) is 9.24 Å². The van der Waals surface area contributed by atoms with E-state index >= 15 is 0 Å². The van der Waals surface area contributed by atoms with Crippen molar-refractivity contribution in [2.75, 3.05) is 6.16 Å². The Hall–Kier alpha value is -1.13. The molecule has 1 heteroatoms. The molecule has 0 aromatic heterocycles. The quantitative estimate of drug-likeness (QED) is 0.477. The van der Waals surface area contributed by atoms with Crippen molar-refractivity contribution in [2.45, 2.75) is 32.6 Å². The van der Waals surface area contributed by atoms with Gasteiger partial charge in [0, 0.05) is 0 Å². The molecular formula is C18H25P. The normalized spacial score (nSPS) is 9.58. The van der Waals surface area contributed by atoms with Gasteiger partial charge in [-0.25, -0.2) is 0 Å². The first-order valence-corrected chi connectivity index (χ1v) is 8.00. The Morgan fingerprint density at radius 2 is 1.16 bits per heavy atom. The molecule has 0 aliphatic heterocycles. The third kappa shape index (κ3) is 7.13. The second kappa shape index (κ2) is 10.8. The average molecular weight is 272 g/mol. The van der Waals surface area contributed by atoms with Gasteiger partial charge in [0.15, 0.2) is 0 Å². The lowest BCUT2D eigenvalue weighted by Gasteiger charge is -1.98. The summed E-state index contributed by atoms with van der Waals surface area (Å²) in [6, 6.07) is 20.8. The second-order valence-electron chi connectivity index (χ2n) is 4.58. The summed E-state index contributed by atoms with van der Waals surface area (Å²) < 4.78 is 0. The van der Waals surface area contributed by atoms with Gasteiger partial charge in [-0.2, -0.15) is 0 Å². The molecule has 2 aromatic rings. The molecule has 2 rings (SSSR count). The van der Waals surface area contributed by atoms with Gasteiger partial charge >= 0.3 is 0 Å². The third-order valence-corrected chi connectivity index (χ3v) is 3.35. The molecule has 2 aromatic carbocycles. The number of rotatable bonds is 5. The third-order valence-electron chi connectivity index (χ3n) is 2.94. The first-order chi connectivity index (χ1) is 9.38. The van der Waals surface area contributed by atoms with Crippen LogP contribution in [0.5, 0.6) is 0 Å². The van der Waals surface area contributed by atoms with Crippen molar-refractivity contribution in [1.82, 2.24) is 0 Å². The Bertz CT molecular complexity index is 367. The van der Waals surface area contributed by atoms with Gasteiger partial charge in [-0.1, -0.05) is 86.8 Å². The van der Waals surface area contributed by atoms with Crippen LogP contribution in [0, 0.1) is 0 Å². The summed E-state index contributed by atoms with van der Waals surface area (Å²) >= 11 is 0. The van der Waals surface area contributed by atoms with Crippen LogP contribution >= 0.6 is 9.24 Å². The average Bonchev–Trinajstić information content (AvgIpc) is 2.50. The maximum atomic E-state index is 2.75. The van der Waals surface area contributed by atoms with Crippen LogP contribution in [-0.2, 0) is 0 Å². The molecule has 0 aliphatic carbocycles. The van der Waals surface area contributed by atoms with Crippen molar-refractivity contribution >= 4 is 9.24 Å². The van der Waals surface area contributed by atoms with E-state index in [1.165, 1.54) is 43.0 Å². The first kappa shape index (κ1) is 15.9. The summed E-state index contributed by atoms with van der Waals surface area (Å²) in [6.07, 6.45) is 6.84. The molecule has 102 valence electrons. The van der Waals surface area contributed by atoms with Gasteiger partial charge in [0.25, 0.3) is 0 Å². The molecule has 0 aliphatic rings. The summed E-state index contributed by atoms with van der Waals surface area (Å²) in [4.78, 5) is 0. The van der Waals surface area contributed by atoms with Crippen molar-refractivity contribution in [1.29, 1.82) is 0 Å². The number of unbranched alkanes of at least 4 members (excludes halogenated alkanes) is 3. The molecule has 0 saturated carbocycles. The van der Waals surface area contributed by atoms with Crippen LogP contribution in [0.3, 0.4) is 0 Å². The van der Waals surface area contributed by atoms with E-state index in [1.54, 1.807) is 0 Å². The number of hydrogen-bond acceptors (Lipinski definition) is 0. The lowest BCUT2D eigenvalue weighted by atomic mass is 10.1. The fourth-order valence-electron chi connectivity index (χ4n) is 1.83. The Labute approximate surface area is 120 Å². The molecule has 0 fully saturated rings. The summed E-state index contributed by atoms with van der Waals surface area (Å²) in [6.45, 7) is 2.24. The molecule has 1 unspecified atom stereocenters. The first-order valence-electron chi connectivity index (χ1n) is 7.19. The zero-order chi connectivity index (χ0) is 13.8. The minimum absolute atomic E-state index is 1.28. The highest BCUT2D eigenvalue weighted by atomic mass is 31.0. The minimum Gasteiger partial charge on any atom is -0.138 e. The number of benzene rings is 2. The molecule has 0 amide bonds. The lowest BCUT2D eigenvalue weighted by Crippen LogP contribution is -1.73. The van der Waals surface area contributed by atoms with Crippen molar-refractivity contribution in [3.8, 4) is 11.1 Å². The van der Waals surface area contributed by atoms with E-state index in [4.69, 9.17) is 0 Å². The zero-order valence-electron chi connectivity index (χ0n) is 11.9. The van der Waals surface area contributed by atoms with Crippen molar-refractivity contribution < 1.29 is 0 Å². The van der Waals surface area contributed by atoms with Crippen LogP contribution in [0.15, 0.2) is 60.7 Å².